The van der Waals surface area contributed by atoms with Gasteiger partial charge in [0.2, 0.25) is 0 Å². The third-order valence-electron chi connectivity index (χ3n) is 9.55. The molecule has 0 amide bonds. The van der Waals surface area contributed by atoms with Crippen molar-refractivity contribution in [2.75, 3.05) is 13.2 Å². The minimum atomic E-state index is -4.76. The number of allylic oxidation sites excluding steroid dienone is 2. The minimum Gasteiger partial charge on any atom is -0.462 e. The summed E-state index contributed by atoms with van der Waals surface area (Å²) in [5, 5.41) is 0. The van der Waals surface area contributed by atoms with Crippen LogP contribution in [-0.4, -0.2) is 41.0 Å². The molecular formula is C42H81O8P. The van der Waals surface area contributed by atoms with Crippen molar-refractivity contribution in [3.63, 3.8) is 0 Å². The van der Waals surface area contributed by atoms with Crippen LogP contribution < -0.4 is 0 Å². The molecular weight excluding hydrogens is 663 g/mol. The summed E-state index contributed by atoms with van der Waals surface area (Å²) in [7, 11) is -4.76. The Hall–Kier alpha value is -1.21. The Kier molecular flexibility index (Phi) is 37.6. The van der Waals surface area contributed by atoms with Crippen LogP contribution in [0.1, 0.15) is 226 Å². The van der Waals surface area contributed by atoms with Gasteiger partial charge in [-0.15, -0.1) is 0 Å². The zero-order valence-corrected chi connectivity index (χ0v) is 34.2. The molecule has 302 valence electrons. The largest absolute Gasteiger partial charge is 0.469 e. The topological polar surface area (TPSA) is 119 Å². The first-order valence-corrected chi connectivity index (χ1v) is 23.0. The maximum atomic E-state index is 12.4. The van der Waals surface area contributed by atoms with E-state index in [-0.39, 0.29) is 19.4 Å². The standard InChI is InChI=1S/C42H81O8P/c1-3-5-7-9-11-13-15-17-19-20-21-23-24-26-28-30-32-34-36-41(43)48-38-40(39-49-51(45,46)47)50-42(44)37-35-33-31-29-27-25-22-18-16-14-12-10-8-6-4-2/h31,33,40H,3-30,32,34-39H2,1-2H3,(H2,45,46,47)/b33-31+/t40-/m1/s1. The van der Waals surface area contributed by atoms with Crippen molar-refractivity contribution in [3.05, 3.63) is 12.2 Å². The number of esters is 2. The Morgan fingerprint density at radius 1 is 0.490 bits per heavy atom. The van der Waals surface area contributed by atoms with Crippen LogP contribution in [0.25, 0.3) is 0 Å². The summed E-state index contributed by atoms with van der Waals surface area (Å²) in [5.74, 6) is -0.928. The Labute approximate surface area is 314 Å². The highest BCUT2D eigenvalue weighted by Gasteiger charge is 2.22. The van der Waals surface area contributed by atoms with Crippen LogP contribution in [-0.2, 0) is 28.2 Å². The first kappa shape index (κ1) is 49.8. The van der Waals surface area contributed by atoms with Gasteiger partial charge in [0.05, 0.1) is 6.61 Å². The molecule has 0 aromatic heterocycles. The maximum Gasteiger partial charge on any atom is 0.469 e. The Bertz CT molecular complexity index is 843. The van der Waals surface area contributed by atoms with Crippen molar-refractivity contribution >= 4 is 19.8 Å². The van der Waals surface area contributed by atoms with Crippen LogP contribution in [0.5, 0.6) is 0 Å². The predicted octanol–water partition coefficient (Wildman–Crippen LogP) is 13.0. The Morgan fingerprint density at radius 2 is 0.863 bits per heavy atom. The second-order valence-electron chi connectivity index (χ2n) is 14.7. The molecule has 0 aliphatic heterocycles. The molecule has 0 heterocycles. The molecule has 9 heteroatoms. The van der Waals surface area contributed by atoms with E-state index in [0.29, 0.717) is 6.42 Å². The van der Waals surface area contributed by atoms with Gasteiger partial charge in [-0.05, 0) is 25.7 Å². The second-order valence-corrected chi connectivity index (χ2v) is 15.9. The van der Waals surface area contributed by atoms with Crippen LogP contribution in [0.15, 0.2) is 12.2 Å². The van der Waals surface area contributed by atoms with Gasteiger partial charge in [-0.3, -0.25) is 14.1 Å². The molecule has 0 radical (unpaired) electrons. The molecule has 0 rings (SSSR count). The number of phosphoric acid groups is 1. The third kappa shape index (κ3) is 41.4. The van der Waals surface area contributed by atoms with Gasteiger partial charge >= 0.3 is 19.8 Å². The predicted molar refractivity (Wildman–Crippen MR) is 212 cm³/mol. The van der Waals surface area contributed by atoms with Crippen molar-refractivity contribution < 1.29 is 37.9 Å². The van der Waals surface area contributed by atoms with Gasteiger partial charge in [0, 0.05) is 12.8 Å². The maximum absolute atomic E-state index is 12.4. The van der Waals surface area contributed by atoms with E-state index < -0.39 is 32.5 Å². The van der Waals surface area contributed by atoms with E-state index in [9.17, 15) is 14.2 Å². The molecule has 0 unspecified atom stereocenters. The number of hydrogen-bond acceptors (Lipinski definition) is 6. The van der Waals surface area contributed by atoms with E-state index in [1.165, 1.54) is 161 Å². The molecule has 2 N–H and O–H groups in total. The monoisotopic (exact) mass is 745 g/mol. The summed E-state index contributed by atoms with van der Waals surface area (Å²) in [4.78, 5) is 42.8. The van der Waals surface area contributed by atoms with Gasteiger partial charge in [-0.2, -0.15) is 0 Å². The molecule has 8 nitrogen and oxygen atoms in total. The van der Waals surface area contributed by atoms with Crippen molar-refractivity contribution in [3.8, 4) is 0 Å². The lowest BCUT2D eigenvalue weighted by Gasteiger charge is -2.18. The fourth-order valence-corrected chi connectivity index (χ4v) is 6.69. The molecule has 0 saturated carbocycles. The summed E-state index contributed by atoms with van der Waals surface area (Å²) < 4.78 is 26.3. The molecule has 1 atom stereocenters. The van der Waals surface area contributed by atoms with Crippen molar-refractivity contribution in [2.24, 2.45) is 0 Å². The van der Waals surface area contributed by atoms with E-state index in [1.54, 1.807) is 0 Å². The zero-order chi connectivity index (χ0) is 37.5. The van der Waals surface area contributed by atoms with Gasteiger partial charge < -0.3 is 19.3 Å². The molecule has 0 aromatic rings. The van der Waals surface area contributed by atoms with Gasteiger partial charge in [0.25, 0.3) is 0 Å². The fourth-order valence-electron chi connectivity index (χ4n) is 6.33. The SMILES string of the molecule is CCCCCCCCCCCCC/C=C/CCC(=O)O[C@H](COC(=O)CCCCCCCCCCCCCCCCCCCC)COP(=O)(O)O. The Balaban J connectivity index is 3.89. The first-order valence-electron chi connectivity index (χ1n) is 21.5. The molecule has 0 spiro atoms. The normalized spacial score (nSPS) is 12.5. The first-order chi connectivity index (χ1) is 24.8. The van der Waals surface area contributed by atoms with E-state index >= 15 is 0 Å². The molecule has 0 aliphatic carbocycles. The third-order valence-corrected chi connectivity index (χ3v) is 10.0. The molecule has 0 fully saturated rings. The molecule has 0 bridgehead atoms. The van der Waals surface area contributed by atoms with Gasteiger partial charge in [-0.1, -0.05) is 199 Å². The summed E-state index contributed by atoms with van der Waals surface area (Å²) in [6.45, 7) is 3.68. The van der Waals surface area contributed by atoms with Gasteiger partial charge in [0.15, 0.2) is 6.10 Å². The summed E-state index contributed by atoms with van der Waals surface area (Å²) >= 11 is 0. The van der Waals surface area contributed by atoms with E-state index in [4.69, 9.17) is 19.3 Å². The average Bonchev–Trinajstić information content (AvgIpc) is 3.10. The summed E-state index contributed by atoms with van der Waals surface area (Å²) in [6.07, 6.45) is 42.3. The lowest BCUT2D eigenvalue weighted by Crippen LogP contribution is -2.29. The fraction of sp³-hybridized carbons (Fsp3) is 0.905. The summed E-state index contributed by atoms with van der Waals surface area (Å²) in [6, 6.07) is 0. The van der Waals surface area contributed by atoms with Crippen LogP contribution in [0.2, 0.25) is 0 Å². The van der Waals surface area contributed by atoms with E-state index in [0.717, 1.165) is 32.1 Å². The number of carbonyl (C=O) groups excluding carboxylic acids is 2. The lowest BCUT2D eigenvalue weighted by atomic mass is 10.0. The Morgan fingerprint density at radius 3 is 1.27 bits per heavy atom. The average molecular weight is 745 g/mol. The highest BCUT2D eigenvalue weighted by atomic mass is 31.2. The molecule has 51 heavy (non-hydrogen) atoms. The molecule has 0 aromatic carbocycles. The number of rotatable bonds is 40. The van der Waals surface area contributed by atoms with Crippen molar-refractivity contribution in [1.29, 1.82) is 0 Å². The number of phosphoric ester groups is 1. The number of carbonyl (C=O) groups is 2. The highest BCUT2D eigenvalue weighted by molar-refractivity contribution is 7.46. The quantitative estimate of drug-likeness (QED) is 0.0275. The van der Waals surface area contributed by atoms with Crippen LogP contribution >= 0.6 is 7.82 Å². The van der Waals surface area contributed by atoms with Crippen molar-refractivity contribution in [2.45, 2.75) is 232 Å². The van der Waals surface area contributed by atoms with Crippen LogP contribution in [0.3, 0.4) is 0 Å². The second kappa shape index (κ2) is 38.5. The highest BCUT2D eigenvalue weighted by Crippen LogP contribution is 2.36. The molecule has 0 aliphatic rings. The number of unbranched alkanes of at least 4 members (excludes halogenated alkanes) is 28. The van der Waals surface area contributed by atoms with Crippen LogP contribution in [0, 0.1) is 0 Å². The van der Waals surface area contributed by atoms with Crippen LogP contribution in [0.4, 0.5) is 0 Å². The number of ether oxygens (including phenoxy) is 2. The lowest BCUT2D eigenvalue weighted by molar-refractivity contribution is -0.161. The van der Waals surface area contributed by atoms with Gasteiger partial charge in [-0.25, -0.2) is 4.57 Å². The minimum absolute atomic E-state index is 0.133. The van der Waals surface area contributed by atoms with E-state index in [2.05, 4.69) is 24.4 Å². The van der Waals surface area contributed by atoms with Crippen molar-refractivity contribution in [1.82, 2.24) is 0 Å². The smallest absolute Gasteiger partial charge is 0.462 e. The summed E-state index contributed by atoms with van der Waals surface area (Å²) in [5.41, 5.74) is 0. The zero-order valence-electron chi connectivity index (χ0n) is 33.3. The molecule has 0 saturated heterocycles. The number of hydrogen-bond donors (Lipinski definition) is 2. The van der Waals surface area contributed by atoms with E-state index in [1.807, 2.05) is 6.08 Å². The van der Waals surface area contributed by atoms with Gasteiger partial charge in [0.1, 0.15) is 6.61 Å².